The molecule has 7 nitrogen and oxygen atoms in total. The number of amides is 1. The zero-order chi connectivity index (χ0) is 24.1. The number of carbonyl (C=O) groups excluding carboxylic acids is 1. The number of aromatic nitrogens is 2. The van der Waals surface area contributed by atoms with Gasteiger partial charge in [0.05, 0.1) is 11.7 Å². The highest BCUT2D eigenvalue weighted by Crippen LogP contribution is 2.31. The lowest BCUT2D eigenvalue weighted by Crippen LogP contribution is -2.44. The van der Waals surface area contributed by atoms with Crippen LogP contribution in [-0.4, -0.2) is 41.9 Å². The quantitative estimate of drug-likeness (QED) is 0.298. The van der Waals surface area contributed by atoms with Crippen LogP contribution < -0.4 is 5.32 Å². The van der Waals surface area contributed by atoms with E-state index in [4.69, 9.17) is 23.2 Å². The molecule has 34 heavy (non-hydrogen) atoms. The number of benzene rings is 2. The smallest absolute Gasteiger partial charge is 0.230 e. The third-order valence-electron chi connectivity index (χ3n) is 5.38. The molecule has 180 valence electrons. The monoisotopic (exact) mass is 556 g/mol. The molecule has 1 aromatic heterocycles. The fraction of sp³-hybridized carbons (Fsp3) is 0.318. The van der Waals surface area contributed by atoms with E-state index in [1.807, 2.05) is 30.3 Å². The summed E-state index contributed by atoms with van der Waals surface area (Å²) < 4.78 is 28.2. The first-order valence-corrected chi connectivity index (χ1v) is 14.7. The second-order valence-corrected chi connectivity index (χ2v) is 12.8. The highest BCUT2D eigenvalue weighted by Gasteiger charge is 2.33. The molecule has 1 aliphatic rings. The third-order valence-corrected chi connectivity index (χ3v) is 9.90. The Balaban J connectivity index is 1.35. The summed E-state index contributed by atoms with van der Waals surface area (Å²) in [5, 5.41) is 12.0. The number of piperidine rings is 1. The summed E-state index contributed by atoms with van der Waals surface area (Å²) in [4.78, 5) is 12.9. The summed E-state index contributed by atoms with van der Waals surface area (Å²) in [7, 11) is -3.69. The normalized spacial score (nSPS) is 16.9. The van der Waals surface area contributed by atoms with Crippen molar-refractivity contribution in [1.29, 1.82) is 0 Å². The largest absolute Gasteiger partial charge is 0.300 e. The molecule has 1 fully saturated rings. The maximum absolute atomic E-state index is 13.0. The lowest BCUT2D eigenvalue weighted by Gasteiger charge is -2.31. The van der Waals surface area contributed by atoms with Gasteiger partial charge in [0.2, 0.25) is 21.1 Å². The van der Waals surface area contributed by atoms with Gasteiger partial charge in [0.25, 0.3) is 0 Å². The lowest BCUT2D eigenvalue weighted by atomic mass is 9.99. The number of nitrogens with zero attached hydrogens (tertiary/aromatic N) is 3. The van der Waals surface area contributed by atoms with Crippen molar-refractivity contribution in [1.82, 2.24) is 14.5 Å². The minimum Gasteiger partial charge on any atom is -0.300 e. The van der Waals surface area contributed by atoms with Crippen LogP contribution in [-0.2, 0) is 26.3 Å². The zero-order valence-electron chi connectivity index (χ0n) is 18.0. The molecule has 0 saturated carbocycles. The number of thioether (sulfide) groups is 1. The van der Waals surface area contributed by atoms with E-state index in [-0.39, 0.29) is 18.2 Å². The number of hydrogen-bond donors (Lipinski definition) is 1. The molecule has 0 radical (unpaired) electrons. The van der Waals surface area contributed by atoms with Crippen LogP contribution >= 0.6 is 46.3 Å². The van der Waals surface area contributed by atoms with E-state index in [9.17, 15) is 13.2 Å². The molecule has 3 aromatic rings. The van der Waals surface area contributed by atoms with Crippen molar-refractivity contribution >= 4 is 67.4 Å². The first-order chi connectivity index (χ1) is 16.3. The number of carbonyl (C=O) groups is 1. The van der Waals surface area contributed by atoms with E-state index in [1.54, 1.807) is 30.0 Å². The van der Waals surface area contributed by atoms with E-state index in [0.717, 1.165) is 10.1 Å². The molecule has 1 N–H and O–H groups in total. The van der Waals surface area contributed by atoms with Gasteiger partial charge < -0.3 is 5.32 Å². The molecule has 1 amide bonds. The topological polar surface area (TPSA) is 92.3 Å². The van der Waals surface area contributed by atoms with Crippen molar-refractivity contribution in [3.8, 4) is 0 Å². The number of hydrogen-bond acceptors (Lipinski definition) is 7. The van der Waals surface area contributed by atoms with E-state index in [1.165, 1.54) is 21.2 Å². The molecule has 0 bridgehead atoms. The molecule has 4 rings (SSSR count). The van der Waals surface area contributed by atoms with Crippen LogP contribution in [0.15, 0.2) is 52.9 Å². The third kappa shape index (κ3) is 6.50. The summed E-state index contributed by atoms with van der Waals surface area (Å²) >= 11 is 15.2. The molecule has 1 saturated heterocycles. The summed E-state index contributed by atoms with van der Waals surface area (Å²) in [5.74, 6) is -0.284. The Morgan fingerprint density at radius 2 is 1.85 bits per heavy atom. The summed E-state index contributed by atoms with van der Waals surface area (Å²) in [6, 6.07) is 14.9. The van der Waals surface area contributed by atoms with Crippen molar-refractivity contribution in [3.05, 3.63) is 69.7 Å². The van der Waals surface area contributed by atoms with Gasteiger partial charge in [-0.1, -0.05) is 82.7 Å². The van der Waals surface area contributed by atoms with E-state index in [0.29, 0.717) is 40.1 Å². The van der Waals surface area contributed by atoms with Crippen LogP contribution in [0.4, 0.5) is 5.13 Å². The van der Waals surface area contributed by atoms with Gasteiger partial charge in [-0.05, 0) is 30.5 Å². The Morgan fingerprint density at radius 1 is 1.12 bits per heavy atom. The molecule has 12 heteroatoms. The van der Waals surface area contributed by atoms with Gasteiger partial charge in [0.1, 0.15) is 0 Å². The van der Waals surface area contributed by atoms with Crippen LogP contribution in [0.2, 0.25) is 10.0 Å². The van der Waals surface area contributed by atoms with Gasteiger partial charge >= 0.3 is 0 Å². The van der Waals surface area contributed by atoms with Gasteiger partial charge in [-0.25, -0.2) is 12.7 Å². The standard InChI is InChI=1S/C22H22Cl2N4O3S3/c23-18-9-4-10-19(24)17(18)14-34(30,31)28-11-5-8-16(12-28)20(29)25-21-26-27-22(33-21)32-13-15-6-2-1-3-7-15/h1-4,6-7,9-10,16H,5,8,11-14H2,(H,25,26,29)/t16-/m0/s1. The fourth-order valence-corrected chi connectivity index (χ4v) is 7.67. The van der Waals surface area contributed by atoms with E-state index in [2.05, 4.69) is 15.5 Å². The van der Waals surface area contributed by atoms with Crippen molar-refractivity contribution in [2.24, 2.45) is 5.92 Å². The minimum absolute atomic E-state index is 0.102. The van der Waals surface area contributed by atoms with Crippen LogP contribution in [0.5, 0.6) is 0 Å². The van der Waals surface area contributed by atoms with E-state index < -0.39 is 15.9 Å². The van der Waals surface area contributed by atoms with Gasteiger partial charge in [-0.2, -0.15) is 0 Å². The maximum atomic E-state index is 13.0. The molecular formula is C22H22Cl2N4O3S3. The number of sulfonamides is 1. The summed E-state index contributed by atoms with van der Waals surface area (Å²) in [6.07, 6.45) is 1.18. The predicted molar refractivity (Wildman–Crippen MR) is 138 cm³/mol. The Kier molecular flexibility index (Phi) is 8.49. The van der Waals surface area contributed by atoms with Crippen molar-refractivity contribution in [2.45, 2.75) is 28.7 Å². The zero-order valence-corrected chi connectivity index (χ0v) is 21.9. The van der Waals surface area contributed by atoms with Crippen LogP contribution in [0.3, 0.4) is 0 Å². The summed E-state index contributed by atoms with van der Waals surface area (Å²) in [6.45, 7) is 0.456. The molecular weight excluding hydrogens is 535 g/mol. The van der Waals surface area contributed by atoms with Crippen molar-refractivity contribution < 1.29 is 13.2 Å². The van der Waals surface area contributed by atoms with E-state index >= 15 is 0 Å². The number of anilines is 1. The average Bonchev–Trinajstić information content (AvgIpc) is 3.28. The minimum atomic E-state index is -3.69. The molecule has 0 unspecified atom stereocenters. The average molecular weight is 558 g/mol. The lowest BCUT2D eigenvalue weighted by molar-refractivity contribution is -0.120. The number of rotatable bonds is 8. The molecule has 1 aliphatic heterocycles. The molecule has 1 atom stereocenters. The Bertz CT molecular complexity index is 1240. The van der Waals surface area contributed by atoms with Crippen LogP contribution in [0.1, 0.15) is 24.0 Å². The molecule has 0 spiro atoms. The number of halogens is 2. The Labute approximate surface area is 216 Å². The predicted octanol–water partition coefficient (Wildman–Crippen LogP) is 5.32. The SMILES string of the molecule is O=C(Nc1nnc(SCc2ccccc2)s1)[C@H]1CCCN(S(=O)(=O)Cc2c(Cl)cccc2Cl)C1. The highest BCUT2D eigenvalue weighted by atomic mass is 35.5. The highest BCUT2D eigenvalue weighted by molar-refractivity contribution is 8.00. The first-order valence-electron chi connectivity index (χ1n) is 10.5. The van der Waals surface area contributed by atoms with Crippen molar-refractivity contribution in [2.75, 3.05) is 18.4 Å². The van der Waals surface area contributed by atoms with Gasteiger partial charge in [-0.15, -0.1) is 10.2 Å². The summed E-state index contributed by atoms with van der Waals surface area (Å²) in [5.41, 5.74) is 1.54. The van der Waals surface area contributed by atoms with Crippen molar-refractivity contribution in [3.63, 3.8) is 0 Å². The van der Waals surface area contributed by atoms with Gasteiger partial charge in [0.15, 0.2) is 4.34 Å². The molecule has 2 heterocycles. The first kappa shape index (κ1) is 25.4. The van der Waals surface area contributed by atoms with Gasteiger partial charge in [0, 0.05) is 34.5 Å². The molecule has 2 aromatic carbocycles. The Hall–Kier alpha value is -1.69. The van der Waals surface area contributed by atoms with Crippen LogP contribution in [0, 0.1) is 5.92 Å². The maximum Gasteiger partial charge on any atom is 0.230 e. The second kappa shape index (κ2) is 11.4. The van der Waals surface area contributed by atoms with Gasteiger partial charge in [-0.3, -0.25) is 4.79 Å². The fourth-order valence-electron chi connectivity index (χ4n) is 3.60. The molecule has 0 aliphatic carbocycles. The second-order valence-electron chi connectivity index (χ2n) is 7.79. The number of nitrogens with one attached hydrogen (secondary N) is 1. The Morgan fingerprint density at radius 3 is 2.59 bits per heavy atom. The van der Waals surface area contributed by atoms with Crippen LogP contribution in [0.25, 0.3) is 0 Å².